The van der Waals surface area contributed by atoms with Crippen LogP contribution in [0.1, 0.15) is 18.9 Å². The van der Waals surface area contributed by atoms with Gasteiger partial charge in [0.1, 0.15) is 11.5 Å². The molecule has 3 aromatic rings. The smallest absolute Gasteiger partial charge is 0.395 e. The van der Waals surface area contributed by atoms with Gasteiger partial charge in [-0.2, -0.15) is 0 Å². The maximum Gasteiger partial charge on any atom is 0.584 e. The maximum absolute atomic E-state index is 11.7. The third kappa shape index (κ3) is 7.18. The van der Waals surface area contributed by atoms with E-state index in [4.69, 9.17) is 9.05 Å². The Morgan fingerprint density at radius 1 is 0.750 bits per heavy atom. The molecular weight excluding hydrogens is 379 g/mol. The highest BCUT2D eigenvalue weighted by molar-refractivity contribution is 7.48. The van der Waals surface area contributed by atoms with Crippen LogP contribution < -0.4 is 9.05 Å². The Morgan fingerprint density at radius 2 is 1.11 bits per heavy atom. The minimum absolute atomic E-state index is 0.286. The van der Waals surface area contributed by atoms with Gasteiger partial charge in [-0.3, -0.25) is 4.89 Å². The van der Waals surface area contributed by atoms with Crippen LogP contribution in [0.4, 0.5) is 0 Å². The fourth-order valence-corrected chi connectivity index (χ4v) is 2.97. The first kappa shape index (κ1) is 21.7. The van der Waals surface area contributed by atoms with E-state index in [-0.39, 0.29) is 11.5 Å². The van der Waals surface area contributed by atoms with E-state index in [1.54, 1.807) is 91.9 Å². The number of rotatable bonds is 6. The Balaban J connectivity index is 0.000000221. The van der Waals surface area contributed by atoms with Crippen LogP contribution in [0.3, 0.4) is 0 Å². The zero-order valence-corrected chi connectivity index (χ0v) is 16.3. The summed E-state index contributed by atoms with van der Waals surface area (Å²) in [6, 6.07) is 25.5. The summed E-state index contributed by atoms with van der Waals surface area (Å²) in [6.07, 6.45) is 0.303. The molecule has 0 aliphatic heterocycles. The summed E-state index contributed by atoms with van der Waals surface area (Å²) in [5, 5.41) is 18.7. The van der Waals surface area contributed by atoms with Crippen LogP contribution >= 0.6 is 7.82 Å². The van der Waals surface area contributed by atoms with Crippen LogP contribution in [0.15, 0.2) is 91.0 Å². The Bertz CT molecular complexity index is 824. The predicted octanol–water partition coefficient (Wildman–Crippen LogP) is 4.48. The monoisotopic (exact) mass is 402 g/mol. The van der Waals surface area contributed by atoms with Gasteiger partial charge in [0.25, 0.3) is 0 Å². The van der Waals surface area contributed by atoms with E-state index in [9.17, 15) is 19.7 Å². The highest BCUT2D eigenvalue weighted by atomic mass is 31.2. The molecule has 0 fully saturated rings. The first-order valence-electron chi connectivity index (χ1n) is 8.65. The van der Waals surface area contributed by atoms with E-state index < -0.39 is 13.6 Å². The second-order valence-electron chi connectivity index (χ2n) is 5.81. The number of phosphoric ester groups is 1. The second kappa shape index (κ2) is 10.1. The van der Waals surface area contributed by atoms with Gasteiger partial charge in [-0.1, -0.05) is 73.7 Å². The topological polar surface area (TPSA) is 96.2 Å². The number of benzene rings is 3. The summed E-state index contributed by atoms with van der Waals surface area (Å²) in [5.41, 5.74) is 0.544. The molecule has 3 N–H and O–H groups in total. The molecule has 0 heterocycles. The third-order valence-electron chi connectivity index (χ3n) is 3.66. The van der Waals surface area contributed by atoms with Crippen molar-refractivity contribution >= 4 is 7.82 Å². The lowest BCUT2D eigenvalue weighted by atomic mass is 10.0. The molecule has 0 unspecified atom stereocenters. The highest BCUT2D eigenvalue weighted by Gasteiger charge is 2.24. The molecule has 0 radical (unpaired) electrons. The molecule has 0 amide bonds. The fourth-order valence-electron chi connectivity index (χ4n) is 2.16. The zero-order valence-electron chi connectivity index (χ0n) is 15.4. The lowest BCUT2D eigenvalue weighted by Gasteiger charge is -2.19. The summed E-state index contributed by atoms with van der Waals surface area (Å²) in [6.45, 7) is 1.73. The Labute approximate surface area is 164 Å². The molecule has 3 aromatic carbocycles. The first-order valence-corrected chi connectivity index (χ1v) is 10.1. The van der Waals surface area contributed by atoms with E-state index in [0.29, 0.717) is 12.0 Å². The van der Waals surface area contributed by atoms with E-state index in [1.807, 2.05) is 6.07 Å². The number of para-hydroxylation sites is 2. The lowest BCUT2D eigenvalue weighted by Crippen LogP contribution is -2.23. The summed E-state index contributed by atoms with van der Waals surface area (Å²) in [5.74, 6) is -1.09. The van der Waals surface area contributed by atoms with Crippen LogP contribution in [-0.2, 0) is 10.4 Å². The molecule has 0 saturated heterocycles. The Morgan fingerprint density at radius 3 is 1.46 bits per heavy atom. The quantitative estimate of drug-likeness (QED) is 0.416. The molecule has 7 heteroatoms. The van der Waals surface area contributed by atoms with E-state index in [1.165, 1.54) is 0 Å². The van der Waals surface area contributed by atoms with Crippen molar-refractivity contribution in [1.82, 2.24) is 0 Å². The van der Waals surface area contributed by atoms with E-state index >= 15 is 0 Å². The molecule has 0 saturated carbocycles. The molecule has 0 atom stereocenters. The molecule has 28 heavy (non-hydrogen) atoms. The summed E-state index contributed by atoms with van der Waals surface area (Å²) < 4.78 is 21.5. The second-order valence-corrected chi connectivity index (χ2v) is 7.12. The van der Waals surface area contributed by atoms with Gasteiger partial charge in [0.05, 0.1) is 0 Å². The highest BCUT2D eigenvalue weighted by Crippen LogP contribution is 2.44. The van der Waals surface area contributed by atoms with E-state index in [0.717, 1.165) is 0 Å². The van der Waals surface area contributed by atoms with Gasteiger partial charge in [0, 0.05) is 12.0 Å². The number of aliphatic hydroxyl groups is 2. The van der Waals surface area contributed by atoms with Crippen molar-refractivity contribution in [2.24, 2.45) is 0 Å². The third-order valence-corrected chi connectivity index (χ3v) is 4.54. The molecule has 148 valence electrons. The van der Waals surface area contributed by atoms with Crippen LogP contribution in [0, 0.1) is 0 Å². The predicted molar refractivity (Wildman–Crippen MR) is 107 cm³/mol. The SMILES string of the molecule is CCC(O)(O)c1ccccc1.O=P(O)(Oc1ccccc1)Oc1ccccc1. The summed E-state index contributed by atoms with van der Waals surface area (Å²) >= 11 is 0. The number of hydrogen-bond donors (Lipinski definition) is 3. The molecule has 0 aliphatic rings. The molecule has 6 nitrogen and oxygen atoms in total. The fraction of sp³-hybridized carbons (Fsp3) is 0.143. The van der Waals surface area contributed by atoms with Crippen LogP contribution in [0.25, 0.3) is 0 Å². The summed E-state index contributed by atoms with van der Waals surface area (Å²) in [4.78, 5) is 9.53. The van der Waals surface area contributed by atoms with Crippen molar-refractivity contribution in [3.8, 4) is 11.5 Å². The summed E-state index contributed by atoms with van der Waals surface area (Å²) in [7, 11) is -4.14. The van der Waals surface area contributed by atoms with Crippen molar-refractivity contribution in [3.05, 3.63) is 96.6 Å². The molecule has 0 aromatic heterocycles. The Kier molecular flexibility index (Phi) is 7.79. The minimum Gasteiger partial charge on any atom is -0.395 e. The average Bonchev–Trinajstić information content (AvgIpc) is 2.70. The standard InChI is InChI=1S/C12H11O4P.C9H12O2/c13-17(14,15-11-7-3-1-4-8-11)16-12-9-5-2-6-10-12;1-2-9(10,11)8-6-4-3-5-7-8/h1-10H,(H,13,14);3-7,10-11H,2H2,1H3. The van der Waals surface area contributed by atoms with Crippen molar-refractivity contribution in [2.45, 2.75) is 19.1 Å². The van der Waals surface area contributed by atoms with Gasteiger partial charge in [0.15, 0.2) is 5.79 Å². The van der Waals surface area contributed by atoms with Crippen LogP contribution in [0.2, 0.25) is 0 Å². The van der Waals surface area contributed by atoms with Gasteiger partial charge in [-0.15, -0.1) is 0 Å². The van der Waals surface area contributed by atoms with Gasteiger partial charge < -0.3 is 19.3 Å². The molecular formula is C21H23O6P. The molecule has 0 bridgehead atoms. The molecule has 0 aliphatic carbocycles. The average molecular weight is 402 g/mol. The molecule has 3 rings (SSSR count). The normalized spacial score (nSPS) is 11.1. The lowest BCUT2D eigenvalue weighted by molar-refractivity contribution is -0.171. The van der Waals surface area contributed by atoms with E-state index in [2.05, 4.69) is 0 Å². The van der Waals surface area contributed by atoms with Crippen molar-refractivity contribution in [2.75, 3.05) is 0 Å². The van der Waals surface area contributed by atoms with Crippen LogP contribution in [0.5, 0.6) is 11.5 Å². The van der Waals surface area contributed by atoms with Gasteiger partial charge in [-0.25, -0.2) is 4.57 Å². The minimum atomic E-state index is -4.14. The van der Waals surface area contributed by atoms with Crippen LogP contribution in [-0.4, -0.2) is 15.1 Å². The van der Waals surface area contributed by atoms with Crippen molar-refractivity contribution in [1.29, 1.82) is 0 Å². The largest absolute Gasteiger partial charge is 0.584 e. The Hall–Kier alpha value is -2.63. The van der Waals surface area contributed by atoms with Gasteiger partial charge in [-0.05, 0) is 24.3 Å². The molecule has 0 spiro atoms. The number of hydrogen-bond acceptors (Lipinski definition) is 5. The van der Waals surface area contributed by atoms with Crippen molar-refractivity contribution < 1.29 is 28.7 Å². The maximum atomic E-state index is 11.7. The van der Waals surface area contributed by atoms with Gasteiger partial charge >= 0.3 is 7.82 Å². The zero-order chi connectivity index (χ0) is 20.5. The van der Waals surface area contributed by atoms with Gasteiger partial charge in [0.2, 0.25) is 0 Å². The first-order chi connectivity index (χ1) is 13.3. The number of phosphoric acid groups is 1. The van der Waals surface area contributed by atoms with Crippen molar-refractivity contribution in [3.63, 3.8) is 0 Å².